The lowest BCUT2D eigenvalue weighted by Gasteiger charge is -2.18. The third-order valence-electron chi connectivity index (χ3n) is 3.29. The second-order valence-electron chi connectivity index (χ2n) is 6.12. The van der Waals surface area contributed by atoms with Crippen LogP contribution in [0.3, 0.4) is 0 Å². The van der Waals surface area contributed by atoms with Crippen LogP contribution in [0.2, 0.25) is 0 Å². The van der Waals surface area contributed by atoms with Gasteiger partial charge in [0.05, 0.1) is 6.21 Å². The smallest absolute Gasteiger partial charge is 0.216 e. The van der Waals surface area contributed by atoms with Gasteiger partial charge in [0.15, 0.2) is 5.82 Å². The summed E-state index contributed by atoms with van der Waals surface area (Å²) in [4.78, 5) is 0. The molecule has 0 amide bonds. The number of aryl methyl sites for hydroxylation is 1. The van der Waals surface area contributed by atoms with Crippen LogP contribution in [0.15, 0.2) is 29.4 Å². The number of H-pyrrole nitrogens is 1. The van der Waals surface area contributed by atoms with E-state index in [1.807, 2.05) is 6.21 Å². The van der Waals surface area contributed by atoms with Gasteiger partial charge in [-0.3, -0.25) is 5.10 Å². The van der Waals surface area contributed by atoms with Crippen LogP contribution in [-0.2, 0) is 11.8 Å². The molecule has 0 unspecified atom stereocenters. The highest BCUT2D eigenvalue weighted by Gasteiger charge is 2.12. The van der Waals surface area contributed by atoms with E-state index in [1.54, 1.807) is 4.68 Å². The summed E-state index contributed by atoms with van der Waals surface area (Å²) in [5.74, 6) is 0.866. The first-order valence-corrected chi connectivity index (χ1v) is 7.64. The molecule has 2 rings (SSSR count). The molecule has 1 heterocycles. The van der Waals surface area contributed by atoms with E-state index in [0.29, 0.717) is 4.77 Å². The Bertz CT molecular complexity index is 672. The Morgan fingerprint density at radius 2 is 1.95 bits per heavy atom. The summed E-state index contributed by atoms with van der Waals surface area (Å²) in [7, 11) is 0. The fraction of sp³-hybridized carbons (Fsp3) is 0.438. The van der Waals surface area contributed by atoms with E-state index in [4.69, 9.17) is 12.2 Å². The van der Waals surface area contributed by atoms with E-state index in [0.717, 1.165) is 24.2 Å². The Balaban J connectivity index is 2.22. The first-order valence-electron chi connectivity index (χ1n) is 7.23. The SMILES string of the molecule is CCCc1n[nH]c(=S)n1/N=C/c1ccc(C(C)(C)C)cc1. The van der Waals surface area contributed by atoms with Crippen LogP contribution in [0.5, 0.6) is 0 Å². The summed E-state index contributed by atoms with van der Waals surface area (Å²) in [5.41, 5.74) is 2.52. The van der Waals surface area contributed by atoms with Crippen molar-refractivity contribution in [1.82, 2.24) is 14.9 Å². The fourth-order valence-corrected chi connectivity index (χ4v) is 2.22. The highest BCUT2D eigenvalue weighted by atomic mass is 32.1. The van der Waals surface area contributed by atoms with Crippen molar-refractivity contribution in [2.24, 2.45) is 5.10 Å². The number of hydrogen-bond donors (Lipinski definition) is 1. The molecule has 5 heteroatoms. The van der Waals surface area contributed by atoms with E-state index in [9.17, 15) is 0 Å². The minimum absolute atomic E-state index is 0.164. The van der Waals surface area contributed by atoms with Gasteiger partial charge >= 0.3 is 0 Å². The predicted octanol–water partition coefficient (Wildman–Crippen LogP) is 4.07. The normalized spacial score (nSPS) is 12.2. The van der Waals surface area contributed by atoms with Gasteiger partial charge in [-0.05, 0) is 35.2 Å². The van der Waals surface area contributed by atoms with Gasteiger partial charge in [0.25, 0.3) is 0 Å². The molecule has 1 aromatic carbocycles. The number of rotatable bonds is 4. The van der Waals surface area contributed by atoms with Gasteiger partial charge in [0.1, 0.15) is 0 Å². The van der Waals surface area contributed by atoms with Gasteiger partial charge in [-0.1, -0.05) is 52.0 Å². The summed E-state index contributed by atoms with van der Waals surface area (Å²) >= 11 is 5.20. The number of aromatic nitrogens is 3. The van der Waals surface area contributed by atoms with Crippen molar-refractivity contribution < 1.29 is 0 Å². The lowest BCUT2D eigenvalue weighted by Crippen LogP contribution is -2.10. The largest absolute Gasteiger partial charge is 0.250 e. The molecule has 0 radical (unpaired) electrons. The molecule has 0 saturated heterocycles. The standard InChI is InChI=1S/C16H22N4S/c1-5-6-14-18-19-15(21)20(14)17-11-12-7-9-13(10-8-12)16(2,3)4/h7-11H,5-6H2,1-4H3,(H,19,21)/b17-11+. The number of aromatic amines is 1. The van der Waals surface area contributed by atoms with Crippen LogP contribution in [0.1, 0.15) is 51.1 Å². The quantitative estimate of drug-likeness (QED) is 0.683. The van der Waals surface area contributed by atoms with Crippen LogP contribution in [0, 0.1) is 4.77 Å². The molecule has 0 atom stereocenters. The fourth-order valence-electron chi connectivity index (χ4n) is 2.02. The molecular weight excluding hydrogens is 280 g/mol. The van der Waals surface area contributed by atoms with E-state index in [2.05, 4.69) is 67.3 Å². The summed E-state index contributed by atoms with van der Waals surface area (Å²) in [5, 5.41) is 11.4. The number of nitrogens with one attached hydrogen (secondary N) is 1. The molecule has 0 saturated carbocycles. The maximum atomic E-state index is 5.20. The van der Waals surface area contributed by atoms with E-state index in [1.165, 1.54) is 5.56 Å². The van der Waals surface area contributed by atoms with E-state index < -0.39 is 0 Å². The van der Waals surface area contributed by atoms with Gasteiger partial charge in [0, 0.05) is 6.42 Å². The van der Waals surface area contributed by atoms with Gasteiger partial charge in [-0.15, -0.1) is 0 Å². The molecule has 0 aliphatic heterocycles. The minimum Gasteiger partial charge on any atom is -0.250 e. The number of benzene rings is 1. The Kier molecular flexibility index (Phi) is 4.73. The van der Waals surface area contributed by atoms with Gasteiger partial charge in [0.2, 0.25) is 4.77 Å². The number of hydrogen-bond acceptors (Lipinski definition) is 3. The first kappa shape index (κ1) is 15.6. The lowest BCUT2D eigenvalue weighted by atomic mass is 9.87. The van der Waals surface area contributed by atoms with Crippen LogP contribution in [0.4, 0.5) is 0 Å². The Hall–Kier alpha value is -1.75. The summed E-state index contributed by atoms with van der Waals surface area (Å²) in [6.07, 6.45) is 3.68. The summed E-state index contributed by atoms with van der Waals surface area (Å²) in [6, 6.07) is 8.44. The zero-order valence-corrected chi connectivity index (χ0v) is 13.9. The van der Waals surface area contributed by atoms with Crippen molar-refractivity contribution >= 4 is 18.4 Å². The van der Waals surface area contributed by atoms with Crippen LogP contribution >= 0.6 is 12.2 Å². The monoisotopic (exact) mass is 302 g/mol. The molecule has 1 aromatic heterocycles. The molecule has 2 aromatic rings. The summed E-state index contributed by atoms with van der Waals surface area (Å²) in [6.45, 7) is 8.73. The first-order chi connectivity index (χ1) is 9.91. The molecule has 112 valence electrons. The molecule has 0 bridgehead atoms. The van der Waals surface area contributed by atoms with E-state index in [-0.39, 0.29) is 5.41 Å². The Morgan fingerprint density at radius 3 is 2.52 bits per heavy atom. The average molecular weight is 302 g/mol. The topological polar surface area (TPSA) is 46.0 Å². The van der Waals surface area contributed by atoms with E-state index >= 15 is 0 Å². The van der Waals surface area contributed by atoms with Crippen molar-refractivity contribution in [3.05, 3.63) is 46.0 Å². The molecule has 0 aliphatic carbocycles. The van der Waals surface area contributed by atoms with Gasteiger partial charge < -0.3 is 0 Å². The Morgan fingerprint density at radius 1 is 1.29 bits per heavy atom. The molecular formula is C16H22N4S. The molecule has 1 N–H and O–H groups in total. The van der Waals surface area contributed by atoms with Crippen molar-refractivity contribution in [2.75, 3.05) is 0 Å². The molecule has 0 spiro atoms. The molecule has 21 heavy (non-hydrogen) atoms. The average Bonchev–Trinajstić information content (AvgIpc) is 2.77. The number of nitrogens with zero attached hydrogens (tertiary/aromatic N) is 3. The van der Waals surface area contributed by atoms with Gasteiger partial charge in [-0.2, -0.15) is 14.9 Å². The highest BCUT2D eigenvalue weighted by Crippen LogP contribution is 2.21. The highest BCUT2D eigenvalue weighted by molar-refractivity contribution is 7.71. The molecule has 4 nitrogen and oxygen atoms in total. The zero-order valence-electron chi connectivity index (χ0n) is 13.1. The van der Waals surface area contributed by atoms with Crippen molar-refractivity contribution in [2.45, 2.75) is 46.0 Å². The zero-order chi connectivity index (χ0) is 15.5. The molecule has 0 aliphatic rings. The van der Waals surface area contributed by atoms with Crippen molar-refractivity contribution in [3.63, 3.8) is 0 Å². The van der Waals surface area contributed by atoms with Crippen molar-refractivity contribution in [3.8, 4) is 0 Å². The minimum atomic E-state index is 0.164. The Labute approximate surface area is 130 Å². The second-order valence-corrected chi connectivity index (χ2v) is 6.51. The van der Waals surface area contributed by atoms with Crippen LogP contribution < -0.4 is 0 Å². The van der Waals surface area contributed by atoms with Crippen molar-refractivity contribution in [1.29, 1.82) is 0 Å². The molecule has 0 fully saturated rings. The second kappa shape index (κ2) is 6.35. The third-order valence-corrected chi connectivity index (χ3v) is 3.55. The maximum absolute atomic E-state index is 5.20. The summed E-state index contributed by atoms with van der Waals surface area (Å²) < 4.78 is 2.22. The predicted molar refractivity (Wildman–Crippen MR) is 89.5 cm³/mol. The van der Waals surface area contributed by atoms with Crippen LogP contribution in [0.25, 0.3) is 0 Å². The van der Waals surface area contributed by atoms with Gasteiger partial charge in [-0.25, -0.2) is 0 Å². The van der Waals surface area contributed by atoms with Crippen LogP contribution in [-0.4, -0.2) is 21.1 Å². The lowest BCUT2D eigenvalue weighted by molar-refractivity contribution is 0.590. The third kappa shape index (κ3) is 3.88. The maximum Gasteiger partial charge on any atom is 0.216 e.